The van der Waals surface area contributed by atoms with Crippen molar-refractivity contribution in [2.45, 2.75) is 11.2 Å². The summed E-state index contributed by atoms with van der Waals surface area (Å²) >= 11 is 5.67. The average molecular weight is 381 g/mol. The maximum atomic E-state index is 12.5. The molecule has 0 atom stereocenters. The Morgan fingerprint density at radius 1 is 1.21 bits per heavy atom. The molecule has 1 aromatic carbocycles. The first-order chi connectivity index (χ1) is 11.1. The van der Waals surface area contributed by atoms with Crippen molar-refractivity contribution in [3.8, 4) is 5.75 Å². The van der Waals surface area contributed by atoms with Gasteiger partial charge >= 0.3 is 6.18 Å². The Balaban J connectivity index is 2.35. The van der Waals surface area contributed by atoms with Crippen LogP contribution in [0.1, 0.15) is 0 Å². The van der Waals surface area contributed by atoms with Crippen molar-refractivity contribution >= 4 is 27.3 Å². The summed E-state index contributed by atoms with van der Waals surface area (Å²) in [6.45, 7) is -1.53. The number of hydrogen-bond donors (Lipinski definition) is 0. The molecule has 130 valence electrons. The van der Waals surface area contributed by atoms with Gasteiger partial charge in [-0.15, -0.1) is 0 Å². The molecule has 1 heterocycles. The molecular weight excluding hydrogens is 369 g/mol. The lowest BCUT2D eigenvalue weighted by Crippen LogP contribution is -2.28. The Morgan fingerprint density at radius 3 is 2.46 bits per heavy atom. The Morgan fingerprint density at radius 2 is 1.88 bits per heavy atom. The van der Waals surface area contributed by atoms with Crippen molar-refractivity contribution < 1.29 is 26.3 Å². The van der Waals surface area contributed by atoms with Gasteiger partial charge in [0.15, 0.2) is 11.6 Å². The number of nitrogens with zero attached hydrogens (tertiary/aromatic N) is 2. The van der Waals surface area contributed by atoms with E-state index < -0.39 is 22.8 Å². The highest BCUT2D eigenvalue weighted by Gasteiger charge is 2.30. The van der Waals surface area contributed by atoms with Crippen molar-refractivity contribution in [2.75, 3.05) is 18.0 Å². The first-order valence-electron chi connectivity index (χ1n) is 6.50. The molecule has 2 aromatic rings. The van der Waals surface area contributed by atoms with Gasteiger partial charge < -0.3 is 4.74 Å². The molecule has 10 heteroatoms. The number of anilines is 1. The second-order valence-corrected chi connectivity index (χ2v) is 7.01. The summed E-state index contributed by atoms with van der Waals surface area (Å²) in [5.41, 5.74) is -0.0431. The SMILES string of the molecule is CN(c1ccccc1OCC(F)(F)F)S(=O)(=O)c1ccc(Cl)cn1. The van der Waals surface area contributed by atoms with Crippen LogP contribution in [0.4, 0.5) is 18.9 Å². The number of pyridine rings is 1. The fourth-order valence-corrected chi connectivity index (χ4v) is 3.01. The average Bonchev–Trinajstić information content (AvgIpc) is 2.52. The summed E-state index contributed by atoms with van der Waals surface area (Å²) in [4.78, 5) is 3.73. The van der Waals surface area contributed by atoms with E-state index in [1.165, 1.54) is 43.4 Å². The van der Waals surface area contributed by atoms with Gasteiger partial charge in [-0.2, -0.15) is 21.6 Å². The summed E-state index contributed by atoms with van der Waals surface area (Å²) < 4.78 is 67.6. The molecule has 0 aliphatic heterocycles. The molecule has 24 heavy (non-hydrogen) atoms. The molecule has 5 nitrogen and oxygen atoms in total. The van der Waals surface area contributed by atoms with E-state index in [4.69, 9.17) is 16.3 Å². The number of aromatic nitrogens is 1. The quantitative estimate of drug-likeness (QED) is 0.796. The van der Waals surface area contributed by atoms with Gasteiger partial charge in [0.05, 0.1) is 10.7 Å². The maximum absolute atomic E-state index is 12.5. The van der Waals surface area contributed by atoms with Gasteiger partial charge in [-0.3, -0.25) is 4.31 Å². The van der Waals surface area contributed by atoms with Crippen molar-refractivity contribution in [2.24, 2.45) is 0 Å². The highest BCUT2D eigenvalue weighted by Crippen LogP contribution is 2.32. The molecule has 0 unspecified atom stereocenters. The molecule has 0 amide bonds. The molecular formula is C14H12ClF3N2O3S. The monoisotopic (exact) mass is 380 g/mol. The third-order valence-corrected chi connectivity index (χ3v) is 4.83. The summed E-state index contributed by atoms with van der Waals surface area (Å²) in [7, 11) is -2.89. The Labute approximate surface area is 141 Å². The number of alkyl halides is 3. The van der Waals surface area contributed by atoms with E-state index in [1.807, 2.05) is 0 Å². The van der Waals surface area contributed by atoms with Gasteiger partial charge in [0, 0.05) is 13.2 Å². The number of sulfonamides is 1. The zero-order chi connectivity index (χ0) is 18.0. The standard InChI is InChI=1S/C14H12ClF3N2O3S/c1-20(24(21,22)13-7-6-10(15)8-19-13)11-4-2-3-5-12(11)23-9-14(16,17)18/h2-8H,9H2,1H3. The van der Waals surface area contributed by atoms with E-state index in [2.05, 4.69) is 4.98 Å². The third kappa shape index (κ3) is 4.30. The fourth-order valence-electron chi connectivity index (χ4n) is 1.78. The first kappa shape index (κ1) is 18.3. The number of para-hydroxylation sites is 2. The minimum atomic E-state index is -4.54. The summed E-state index contributed by atoms with van der Waals surface area (Å²) in [6.07, 6.45) is -3.38. The molecule has 2 rings (SSSR count). The number of halogens is 4. The number of hydrogen-bond acceptors (Lipinski definition) is 4. The molecule has 1 aromatic heterocycles. The number of benzene rings is 1. The topological polar surface area (TPSA) is 59.5 Å². The predicted molar refractivity (Wildman–Crippen MR) is 82.8 cm³/mol. The summed E-state index contributed by atoms with van der Waals surface area (Å²) in [5.74, 6) is -0.213. The van der Waals surface area contributed by atoms with E-state index in [9.17, 15) is 21.6 Å². The molecule has 0 aliphatic carbocycles. The smallest absolute Gasteiger partial charge is 0.422 e. The molecule has 0 fully saturated rings. The van der Waals surface area contributed by atoms with Crippen LogP contribution in [0.5, 0.6) is 5.75 Å². The largest absolute Gasteiger partial charge is 0.482 e. The minimum Gasteiger partial charge on any atom is -0.482 e. The second kappa shape index (κ2) is 6.86. The van der Waals surface area contributed by atoms with Gasteiger partial charge in [-0.25, -0.2) is 4.98 Å². The zero-order valence-electron chi connectivity index (χ0n) is 12.3. The van der Waals surface area contributed by atoms with Crippen LogP contribution < -0.4 is 9.04 Å². The summed E-state index contributed by atoms with van der Waals surface area (Å²) in [5, 5.41) is -0.0365. The van der Waals surface area contributed by atoms with Crippen LogP contribution in [0.2, 0.25) is 5.02 Å². The van der Waals surface area contributed by atoms with Crippen molar-refractivity contribution in [3.05, 3.63) is 47.6 Å². The molecule has 0 spiro atoms. The Hall–Kier alpha value is -2.00. The van der Waals surface area contributed by atoms with Crippen LogP contribution in [0.3, 0.4) is 0 Å². The third-order valence-electron chi connectivity index (χ3n) is 2.92. The number of rotatable bonds is 5. The van der Waals surface area contributed by atoms with Gasteiger partial charge in [0.2, 0.25) is 0 Å². The molecule has 0 N–H and O–H groups in total. The molecule has 0 radical (unpaired) electrons. The van der Waals surface area contributed by atoms with E-state index in [0.717, 1.165) is 10.5 Å². The minimum absolute atomic E-state index is 0.0431. The molecule has 0 saturated carbocycles. The number of ether oxygens (including phenoxy) is 1. The second-order valence-electron chi connectivity index (χ2n) is 4.66. The normalized spacial score (nSPS) is 12.0. The molecule has 0 aliphatic rings. The van der Waals surface area contributed by atoms with Gasteiger partial charge in [0.1, 0.15) is 5.75 Å². The Bertz CT molecular complexity index is 811. The van der Waals surface area contributed by atoms with E-state index in [1.54, 1.807) is 0 Å². The first-order valence-corrected chi connectivity index (χ1v) is 8.32. The van der Waals surface area contributed by atoms with Gasteiger partial charge in [-0.05, 0) is 24.3 Å². The van der Waals surface area contributed by atoms with Crippen LogP contribution in [-0.4, -0.2) is 33.2 Å². The van der Waals surface area contributed by atoms with E-state index in [0.29, 0.717) is 0 Å². The molecule has 0 saturated heterocycles. The lowest BCUT2D eigenvalue weighted by molar-refractivity contribution is -0.153. The molecule has 0 bridgehead atoms. The van der Waals surface area contributed by atoms with E-state index >= 15 is 0 Å². The summed E-state index contributed by atoms with van der Waals surface area (Å²) in [6, 6.07) is 8.06. The van der Waals surface area contributed by atoms with Crippen molar-refractivity contribution in [3.63, 3.8) is 0 Å². The van der Waals surface area contributed by atoms with Crippen LogP contribution in [0.15, 0.2) is 47.6 Å². The van der Waals surface area contributed by atoms with Crippen molar-refractivity contribution in [1.29, 1.82) is 0 Å². The maximum Gasteiger partial charge on any atom is 0.422 e. The highest BCUT2D eigenvalue weighted by atomic mass is 35.5. The van der Waals surface area contributed by atoms with Crippen LogP contribution in [-0.2, 0) is 10.0 Å². The van der Waals surface area contributed by atoms with Crippen LogP contribution in [0, 0.1) is 0 Å². The zero-order valence-corrected chi connectivity index (χ0v) is 13.9. The van der Waals surface area contributed by atoms with Crippen LogP contribution >= 0.6 is 11.6 Å². The highest BCUT2D eigenvalue weighted by molar-refractivity contribution is 7.92. The van der Waals surface area contributed by atoms with E-state index in [-0.39, 0.29) is 21.5 Å². The lowest BCUT2D eigenvalue weighted by Gasteiger charge is -2.22. The van der Waals surface area contributed by atoms with Gasteiger partial charge in [-0.1, -0.05) is 23.7 Å². The Kier molecular flexibility index (Phi) is 5.24. The predicted octanol–water partition coefficient (Wildman–Crippen LogP) is 3.50. The van der Waals surface area contributed by atoms with Crippen LogP contribution in [0.25, 0.3) is 0 Å². The van der Waals surface area contributed by atoms with Gasteiger partial charge in [0.25, 0.3) is 10.0 Å². The van der Waals surface area contributed by atoms with Crippen molar-refractivity contribution in [1.82, 2.24) is 4.98 Å². The fraction of sp³-hybridized carbons (Fsp3) is 0.214. The lowest BCUT2D eigenvalue weighted by atomic mass is 10.3.